The molecule has 134 valence electrons. The molecule has 0 atom stereocenters. The average Bonchev–Trinajstić information content (AvgIpc) is 2.82. The summed E-state index contributed by atoms with van der Waals surface area (Å²) in [6, 6.07) is 10.2. The van der Waals surface area contributed by atoms with E-state index in [2.05, 4.69) is 38.8 Å². The predicted molar refractivity (Wildman–Crippen MR) is 99.7 cm³/mol. The van der Waals surface area contributed by atoms with E-state index in [1.165, 1.54) is 17.3 Å². The van der Waals surface area contributed by atoms with Gasteiger partial charge in [-0.3, -0.25) is 4.79 Å². The van der Waals surface area contributed by atoms with Gasteiger partial charge in [-0.25, -0.2) is 0 Å². The Morgan fingerprint density at radius 2 is 1.92 bits per heavy atom. The van der Waals surface area contributed by atoms with E-state index >= 15 is 0 Å². The number of hydrogen-bond acceptors (Lipinski definition) is 5. The number of thioether (sulfide) groups is 1. The van der Waals surface area contributed by atoms with E-state index in [0.717, 1.165) is 50.1 Å². The van der Waals surface area contributed by atoms with E-state index in [9.17, 15) is 4.79 Å². The van der Waals surface area contributed by atoms with Gasteiger partial charge in [-0.05, 0) is 32.5 Å². The van der Waals surface area contributed by atoms with E-state index in [4.69, 9.17) is 0 Å². The normalized spacial score (nSPS) is 16.0. The van der Waals surface area contributed by atoms with Crippen molar-refractivity contribution in [2.45, 2.75) is 25.0 Å². The molecule has 0 bridgehead atoms. The molecule has 0 radical (unpaired) electrons. The molecule has 2 aromatic rings. The Labute approximate surface area is 153 Å². The maximum absolute atomic E-state index is 12.5. The number of likely N-dealkylation sites (N-methyl/N-ethyl adjacent to an activating group) is 1. The first kappa shape index (κ1) is 17.9. The van der Waals surface area contributed by atoms with Gasteiger partial charge in [-0.1, -0.05) is 42.1 Å². The molecule has 1 saturated heterocycles. The summed E-state index contributed by atoms with van der Waals surface area (Å²) in [4.78, 5) is 16.8. The zero-order valence-corrected chi connectivity index (χ0v) is 15.7. The minimum atomic E-state index is 0.187. The molecule has 7 heteroatoms. The van der Waals surface area contributed by atoms with Gasteiger partial charge in [-0.15, -0.1) is 10.2 Å². The highest BCUT2D eigenvalue weighted by Crippen LogP contribution is 2.19. The molecule has 1 fully saturated rings. The largest absolute Gasteiger partial charge is 0.341 e. The zero-order valence-electron chi connectivity index (χ0n) is 14.9. The van der Waals surface area contributed by atoms with Crippen LogP contribution in [0.5, 0.6) is 0 Å². The summed E-state index contributed by atoms with van der Waals surface area (Å²) in [5.41, 5.74) is 1.20. The predicted octanol–water partition coefficient (Wildman–Crippen LogP) is 1.89. The topological polar surface area (TPSA) is 54.3 Å². The summed E-state index contributed by atoms with van der Waals surface area (Å²) in [5, 5.41) is 9.25. The summed E-state index contributed by atoms with van der Waals surface area (Å²) in [6.45, 7) is 6.34. The molecule has 25 heavy (non-hydrogen) atoms. The van der Waals surface area contributed by atoms with Crippen molar-refractivity contribution in [3.8, 4) is 0 Å². The molecule has 1 aliphatic rings. The van der Waals surface area contributed by atoms with Crippen LogP contribution < -0.4 is 0 Å². The molecule has 0 saturated carbocycles. The van der Waals surface area contributed by atoms with Crippen LogP contribution in [-0.2, 0) is 11.3 Å². The number of aromatic nitrogens is 3. The van der Waals surface area contributed by atoms with Crippen LogP contribution in [0.1, 0.15) is 17.8 Å². The Morgan fingerprint density at radius 1 is 1.12 bits per heavy atom. The van der Waals surface area contributed by atoms with Crippen LogP contribution in [0.3, 0.4) is 0 Å². The summed E-state index contributed by atoms with van der Waals surface area (Å²) in [5.74, 6) is 1.47. The lowest BCUT2D eigenvalue weighted by molar-refractivity contribution is -0.128. The van der Waals surface area contributed by atoms with Gasteiger partial charge < -0.3 is 14.4 Å². The second kappa shape index (κ2) is 8.49. The quantitative estimate of drug-likeness (QED) is 0.763. The van der Waals surface area contributed by atoms with Crippen molar-refractivity contribution in [3.05, 3.63) is 41.7 Å². The second-order valence-electron chi connectivity index (χ2n) is 6.43. The van der Waals surface area contributed by atoms with Crippen LogP contribution >= 0.6 is 11.8 Å². The molecule has 0 aliphatic carbocycles. The third-order valence-corrected chi connectivity index (χ3v) is 5.43. The number of hydrogen-bond donors (Lipinski definition) is 0. The van der Waals surface area contributed by atoms with Crippen LogP contribution in [-0.4, -0.2) is 69.5 Å². The fourth-order valence-electron chi connectivity index (χ4n) is 2.93. The fourth-order valence-corrected chi connectivity index (χ4v) is 3.82. The summed E-state index contributed by atoms with van der Waals surface area (Å²) < 4.78 is 2.07. The van der Waals surface area contributed by atoms with Crippen LogP contribution in [0.15, 0.2) is 35.5 Å². The molecular weight excluding hydrogens is 334 g/mol. The molecule has 0 spiro atoms. The second-order valence-corrected chi connectivity index (χ2v) is 7.37. The molecular formula is C18H25N5OS. The number of benzene rings is 1. The maximum Gasteiger partial charge on any atom is 0.233 e. The minimum absolute atomic E-state index is 0.187. The van der Waals surface area contributed by atoms with E-state index in [0.29, 0.717) is 5.75 Å². The minimum Gasteiger partial charge on any atom is -0.341 e. The number of nitrogens with zero attached hydrogens (tertiary/aromatic N) is 5. The van der Waals surface area contributed by atoms with E-state index in [1.807, 2.05) is 30.0 Å². The van der Waals surface area contributed by atoms with E-state index < -0.39 is 0 Å². The number of carbonyl (C=O) groups is 1. The Morgan fingerprint density at radius 3 is 2.72 bits per heavy atom. The molecule has 0 N–H and O–H groups in total. The van der Waals surface area contributed by atoms with Crippen molar-refractivity contribution < 1.29 is 4.79 Å². The van der Waals surface area contributed by atoms with Gasteiger partial charge in [0.15, 0.2) is 5.16 Å². The first-order valence-corrected chi connectivity index (χ1v) is 9.65. The van der Waals surface area contributed by atoms with E-state index in [1.54, 1.807) is 0 Å². The lowest BCUT2D eigenvalue weighted by Crippen LogP contribution is -2.35. The number of amides is 1. The third-order valence-electron chi connectivity index (χ3n) is 4.48. The summed E-state index contributed by atoms with van der Waals surface area (Å²) in [6.07, 6.45) is 1.04. The van der Waals surface area contributed by atoms with Crippen molar-refractivity contribution in [1.29, 1.82) is 0 Å². The number of rotatable bonds is 5. The van der Waals surface area contributed by atoms with Crippen molar-refractivity contribution in [2.24, 2.45) is 0 Å². The zero-order chi connectivity index (χ0) is 17.6. The molecule has 1 aliphatic heterocycles. The van der Waals surface area contributed by atoms with Gasteiger partial charge in [-0.2, -0.15) is 0 Å². The Balaban J connectivity index is 1.60. The van der Waals surface area contributed by atoms with Gasteiger partial charge >= 0.3 is 0 Å². The smallest absolute Gasteiger partial charge is 0.233 e. The molecule has 1 aromatic heterocycles. The van der Waals surface area contributed by atoms with Gasteiger partial charge in [0.05, 0.1) is 12.3 Å². The fraction of sp³-hybridized carbons (Fsp3) is 0.500. The van der Waals surface area contributed by atoms with Crippen molar-refractivity contribution >= 4 is 17.7 Å². The number of aryl methyl sites for hydroxylation is 1. The maximum atomic E-state index is 12.5. The van der Waals surface area contributed by atoms with Crippen LogP contribution in [0.2, 0.25) is 0 Å². The average molecular weight is 359 g/mol. The Bertz CT molecular complexity index is 703. The monoisotopic (exact) mass is 359 g/mol. The molecule has 6 nitrogen and oxygen atoms in total. The third kappa shape index (κ3) is 4.83. The van der Waals surface area contributed by atoms with Crippen molar-refractivity contribution in [1.82, 2.24) is 24.6 Å². The molecule has 3 rings (SSSR count). The molecule has 1 amide bonds. The lowest BCUT2D eigenvalue weighted by Gasteiger charge is -2.20. The van der Waals surface area contributed by atoms with Crippen LogP contribution in [0, 0.1) is 6.92 Å². The molecule has 0 unspecified atom stereocenters. The van der Waals surface area contributed by atoms with E-state index in [-0.39, 0.29) is 5.91 Å². The molecule has 1 aromatic carbocycles. The Hall–Kier alpha value is -1.86. The number of carbonyl (C=O) groups excluding carboxylic acids is 1. The van der Waals surface area contributed by atoms with Gasteiger partial charge in [0.2, 0.25) is 5.91 Å². The first-order chi connectivity index (χ1) is 12.1. The van der Waals surface area contributed by atoms with Crippen molar-refractivity contribution in [3.63, 3.8) is 0 Å². The standard InChI is InChI=1S/C18H25N5OS/c1-15-19-20-18(23(15)13-16-7-4-3-5-8-16)25-14-17(24)22-10-6-9-21(2)11-12-22/h3-5,7-8H,6,9-14H2,1-2H3. The highest BCUT2D eigenvalue weighted by Gasteiger charge is 2.19. The molecule has 2 heterocycles. The van der Waals surface area contributed by atoms with Crippen molar-refractivity contribution in [2.75, 3.05) is 39.0 Å². The highest BCUT2D eigenvalue weighted by atomic mass is 32.2. The Kier molecular flexibility index (Phi) is 6.09. The van der Waals surface area contributed by atoms with Crippen LogP contribution in [0.4, 0.5) is 0 Å². The first-order valence-electron chi connectivity index (χ1n) is 8.66. The van der Waals surface area contributed by atoms with Gasteiger partial charge in [0.25, 0.3) is 0 Å². The van der Waals surface area contributed by atoms with Gasteiger partial charge in [0, 0.05) is 19.6 Å². The SMILES string of the molecule is Cc1nnc(SCC(=O)N2CCCN(C)CC2)n1Cc1ccccc1. The highest BCUT2D eigenvalue weighted by molar-refractivity contribution is 7.99. The summed E-state index contributed by atoms with van der Waals surface area (Å²) >= 11 is 1.48. The lowest BCUT2D eigenvalue weighted by atomic mass is 10.2. The van der Waals surface area contributed by atoms with Gasteiger partial charge in [0.1, 0.15) is 5.82 Å². The summed E-state index contributed by atoms with van der Waals surface area (Å²) in [7, 11) is 2.11. The van der Waals surface area contributed by atoms with Crippen LogP contribution in [0.25, 0.3) is 0 Å².